The SMILES string of the molecule is [C-]#[N+]c1cccc(-c2c3ccccc3c(-c3cccc([N+]#[C-])c3)c3c(N(c4ccccc4)c4ccc5c(c4)c4ccccc4n5-c4ccccc4)cccc23)c1. The molecule has 260 valence electrons. The van der Waals surface area contributed by atoms with Crippen LogP contribution in [0.5, 0.6) is 0 Å². The molecule has 0 amide bonds. The van der Waals surface area contributed by atoms with Gasteiger partial charge in [-0.1, -0.05) is 127 Å². The molecule has 0 aliphatic rings. The van der Waals surface area contributed by atoms with Crippen LogP contribution in [0.2, 0.25) is 0 Å². The Morgan fingerprint density at radius 3 is 1.64 bits per heavy atom. The molecule has 0 unspecified atom stereocenters. The van der Waals surface area contributed by atoms with E-state index in [0.29, 0.717) is 11.4 Å². The van der Waals surface area contributed by atoms with E-state index in [9.17, 15) is 0 Å². The maximum absolute atomic E-state index is 7.92. The lowest BCUT2D eigenvalue weighted by molar-refractivity contribution is 1.18. The minimum Gasteiger partial charge on any atom is -0.310 e. The molecule has 4 nitrogen and oxygen atoms in total. The van der Waals surface area contributed by atoms with Crippen molar-refractivity contribution in [2.24, 2.45) is 0 Å². The fraction of sp³-hybridized carbons (Fsp3) is 0. The Morgan fingerprint density at radius 2 is 0.946 bits per heavy atom. The quantitative estimate of drug-likeness (QED) is 0.124. The van der Waals surface area contributed by atoms with Gasteiger partial charge in [0.15, 0.2) is 11.4 Å². The predicted molar refractivity (Wildman–Crippen MR) is 234 cm³/mol. The van der Waals surface area contributed by atoms with Gasteiger partial charge in [0.05, 0.1) is 29.9 Å². The zero-order chi connectivity index (χ0) is 37.6. The molecule has 4 heteroatoms. The summed E-state index contributed by atoms with van der Waals surface area (Å²) in [5.41, 5.74) is 11.7. The highest BCUT2D eigenvalue weighted by molar-refractivity contribution is 6.25. The van der Waals surface area contributed by atoms with Crippen LogP contribution in [0.4, 0.5) is 28.4 Å². The number of nitrogens with zero attached hydrogens (tertiary/aromatic N) is 4. The van der Waals surface area contributed by atoms with Crippen molar-refractivity contribution in [3.05, 3.63) is 217 Å². The van der Waals surface area contributed by atoms with Crippen molar-refractivity contribution in [3.8, 4) is 27.9 Å². The van der Waals surface area contributed by atoms with Gasteiger partial charge in [-0.3, -0.25) is 0 Å². The predicted octanol–water partition coefficient (Wildman–Crippen LogP) is 15.0. The monoisotopic (exact) mass is 712 g/mol. The lowest BCUT2D eigenvalue weighted by Gasteiger charge is -2.29. The van der Waals surface area contributed by atoms with Crippen molar-refractivity contribution in [3.63, 3.8) is 0 Å². The van der Waals surface area contributed by atoms with Crippen LogP contribution in [-0.4, -0.2) is 4.57 Å². The molecule has 0 aliphatic heterocycles. The summed E-state index contributed by atoms with van der Waals surface area (Å²) in [4.78, 5) is 10.0. The van der Waals surface area contributed by atoms with Gasteiger partial charge in [0.2, 0.25) is 0 Å². The normalized spacial score (nSPS) is 11.2. The molecule has 0 saturated carbocycles. The third-order valence-electron chi connectivity index (χ3n) is 10.7. The van der Waals surface area contributed by atoms with E-state index in [4.69, 9.17) is 13.1 Å². The second-order valence-electron chi connectivity index (χ2n) is 13.9. The molecule has 1 aromatic heterocycles. The molecule has 0 spiro atoms. The van der Waals surface area contributed by atoms with Crippen LogP contribution in [0.1, 0.15) is 0 Å². The van der Waals surface area contributed by atoms with Crippen molar-refractivity contribution < 1.29 is 0 Å². The highest BCUT2D eigenvalue weighted by Gasteiger charge is 2.24. The molecule has 0 aliphatic carbocycles. The molecule has 0 fully saturated rings. The van der Waals surface area contributed by atoms with E-state index in [2.05, 4.69) is 177 Å². The molecule has 10 rings (SSSR count). The molecule has 0 saturated heterocycles. The third-order valence-corrected chi connectivity index (χ3v) is 10.7. The average molecular weight is 713 g/mol. The van der Waals surface area contributed by atoms with Gasteiger partial charge >= 0.3 is 0 Å². The van der Waals surface area contributed by atoms with Crippen LogP contribution in [0.3, 0.4) is 0 Å². The number of benzene rings is 9. The van der Waals surface area contributed by atoms with E-state index < -0.39 is 0 Å². The van der Waals surface area contributed by atoms with Crippen LogP contribution < -0.4 is 4.90 Å². The summed E-state index contributed by atoms with van der Waals surface area (Å²) in [7, 11) is 0. The maximum atomic E-state index is 7.92. The lowest BCUT2D eigenvalue weighted by atomic mass is 9.85. The molecule has 10 aromatic rings. The van der Waals surface area contributed by atoms with E-state index in [1.165, 1.54) is 5.39 Å². The Morgan fingerprint density at radius 1 is 0.393 bits per heavy atom. The van der Waals surface area contributed by atoms with Crippen LogP contribution >= 0.6 is 0 Å². The third kappa shape index (κ3) is 5.29. The largest absolute Gasteiger partial charge is 0.310 e. The highest BCUT2D eigenvalue weighted by Crippen LogP contribution is 2.50. The van der Waals surface area contributed by atoms with Crippen LogP contribution in [-0.2, 0) is 0 Å². The van der Waals surface area contributed by atoms with Crippen molar-refractivity contribution in [2.75, 3.05) is 4.90 Å². The Labute approximate surface area is 325 Å². The second kappa shape index (κ2) is 13.5. The molecule has 0 atom stereocenters. The Kier molecular flexibility index (Phi) is 7.88. The summed E-state index contributed by atoms with van der Waals surface area (Å²) in [6.45, 7) is 15.8. The Bertz CT molecular complexity index is 3220. The molecular weight excluding hydrogens is 681 g/mol. The van der Waals surface area contributed by atoms with E-state index >= 15 is 0 Å². The number of fused-ring (bicyclic) bond motifs is 5. The van der Waals surface area contributed by atoms with Gasteiger partial charge in [0.25, 0.3) is 0 Å². The fourth-order valence-electron chi connectivity index (χ4n) is 8.43. The molecule has 0 N–H and O–H groups in total. The lowest BCUT2D eigenvalue weighted by Crippen LogP contribution is -2.11. The van der Waals surface area contributed by atoms with Crippen molar-refractivity contribution in [2.45, 2.75) is 0 Å². The number of anilines is 3. The van der Waals surface area contributed by atoms with Crippen LogP contribution in [0.15, 0.2) is 194 Å². The summed E-state index contributed by atoms with van der Waals surface area (Å²) < 4.78 is 2.34. The molecule has 56 heavy (non-hydrogen) atoms. The summed E-state index contributed by atoms with van der Waals surface area (Å²) in [6.07, 6.45) is 0. The Hall–Kier alpha value is -7.92. The first kappa shape index (κ1) is 32.7. The first-order valence-electron chi connectivity index (χ1n) is 18.6. The zero-order valence-corrected chi connectivity index (χ0v) is 30.3. The number of hydrogen-bond donors (Lipinski definition) is 0. The standard InChI is InChI=1S/C52H32N4/c1-53-37-18-13-16-35(32-37)50-43-25-9-10-26-44(43)51(36-17-14-19-38(33-36)54-2)52-45(50)27-15-29-49(52)55(39-20-5-3-6-21-39)41-30-31-48-46(34-41)42-24-11-12-28-47(42)56(48)40-22-7-4-8-23-40/h3-34H. The average Bonchev–Trinajstić information content (AvgIpc) is 3.60. The van der Waals surface area contributed by atoms with Crippen molar-refractivity contribution >= 4 is 71.8 Å². The first-order valence-corrected chi connectivity index (χ1v) is 18.6. The number of para-hydroxylation sites is 3. The highest BCUT2D eigenvalue weighted by atomic mass is 15.1. The van der Waals surface area contributed by atoms with E-state index in [0.717, 1.165) is 83.0 Å². The van der Waals surface area contributed by atoms with Gasteiger partial charge in [0, 0.05) is 33.2 Å². The second-order valence-corrected chi connectivity index (χ2v) is 13.9. The first-order chi connectivity index (χ1) is 27.7. The van der Waals surface area contributed by atoms with Crippen LogP contribution in [0, 0.1) is 13.1 Å². The van der Waals surface area contributed by atoms with Crippen molar-refractivity contribution in [1.82, 2.24) is 4.57 Å². The van der Waals surface area contributed by atoms with E-state index in [-0.39, 0.29) is 0 Å². The maximum Gasteiger partial charge on any atom is 0.187 e. The van der Waals surface area contributed by atoms with E-state index in [1.54, 1.807) is 0 Å². The number of hydrogen-bond acceptors (Lipinski definition) is 1. The van der Waals surface area contributed by atoms with Gasteiger partial charge in [-0.2, -0.15) is 0 Å². The van der Waals surface area contributed by atoms with E-state index in [1.807, 2.05) is 36.4 Å². The van der Waals surface area contributed by atoms with Gasteiger partial charge in [0.1, 0.15) is 0 Å². The Balaban J connectivity index is 1.34. The topological polar surface area (TPSA) is 16.9 Å². The van der Waals surface area contributed by atoms with Gasteiger partial charge in [-0.05, 0) is 105 Å². The molecular formula is C52H32N4. The van der Waals surface area contributed by atoms with Crippen molar-refractivity contribution in [1.29, 1.82) is 0 Å². The smallest absolute Gasteiger partial charge is 0.187 e. The van der Waals surface area contributed by atoms with Gasteiger partial charge in [-0.25, -0.2) is 9.69 Å². The minimum atomic E-state index is 0.589. The summed E-state index contributed by atoms with van der Waals surface area (Å²) in [6, 6.07) is 67.5. The number of rotatable bonds is 6. The summed E-state index contributed by atoms with van der Waals surface area (Å²) in [5, 5.41) is 6.64. The zero-order valence-electron chi connectivity index (χ0n) is 30.3. The summed E-state index contributed by atoms with van der Waals surface area (Å²) >= 11 is 0. The molecule has 9 aromatic carbocycles. The molecule has 1 heterocycles. The fourth-order valence-corrected chi connectivity index (χ4v) is 8.43. The number of aromatic nitrogens is 1. The van der Waals surface area contributed by atoms with Gasteiger partial charge < -0.3 is 9.47 Å². The van der Waals surface area contributed by atoms with Gasteiger partial charge in [-0.15, -0.1) is 0 Å². The molecule has 0 radical (unpaired) electrons. The minimum absolute atomic E-state index is 0.589. The molecule has 0 bridgehead atoms. The van der Waals surface area contributed by atoms with Crippen LogP contribution in [0.25, 0.3) is 81.0 Å². The summed E-state index contributed by atoms with van der Waals surface area (Å²) in [5.74, 6) is 0.